The summed E-state index contributed by atoms with van der Waals surface area (Å²) in [4.78, 5) is 0. The quantitative estimate of drug-likeness (QED) is 0.640. The van der Waals surface area contributed by atoms with Gasteiger partial charge in [-0.1, -0.05) is 19.8 Å². The zero-order valence-corrected chi connectivity index (χ0v) is 10.3. The molecule has 2 atom stereocenters. The van der Waals surface area contributed by atoms with Crippen LogP contribution in [0.3, 0.4) is 0 Å². The largest absolute Gasteiger partial charge is 0.508 e. The third-order valence-corrected chi connectivity index (χ3v) is 3.14. The highest BCUT2D eigenvalue weighted by molar-refractivity contribution is 7.39. The fourth-order valence-electron chi connectivity index (χ4n) is 1.13. The van der Waals surface area contributed by atoms with Gasteiger partial charge in [-0.05, 0) is 24.8 Å². The van der Waals surface area contributed by atoms with E-state index in [-0.39, 0.29) is 12.2 Å². The van der Waals surface area contributed by atoms with Crippen LogP contribution in [0.4, 0.5) is 0 Å². The minimum atomic E-state index is -1.58. The number of aliphatic hydroxyl groups excluding tert-OH is 1. The van der Waals surface area contributed by atoms with Gasteiger partial charge >= 0.3 is 8.03 Å². The molecule has 0 amide bonds. The van der Waals surface area contributed by atoms with E-state index in [1.807, 2.05) is 13.8 Å². The van der Waals surface area contributed by atoms with Crippen molar-refractivity contribution in [1.82, 2.24) is 0 Å². The standard InChI is InChI=1S/C10H22O3P/c1-4-5-6-10(11)7-8-14(12)13-9(2)3/h9-11H,4-8H2,1-3H3/q+1. The van der Waals surface area contributed by atoms with Crippen LogP contribution in [0.25, 0.3) is 0 Å². The van der Waals surface area contributed by atoms with Crippen LogP contribution in [-0.2, 0) is 9.09 Å². The van der Waals surface area contributed by atoms with Crippen molar-refractivity contribution in [3.8, 4) is 0 Å². The van der Waals surface area contributed by atoms with Gasteiger partial charge in [0.15, 0.2) is 6.16 Å². The highest BCUT2D eigenvalue weighted by atomic mass is 31.1. The molecule has 0 bridgehead atoms. The molecule has 0 aromatic carbocycles. The summed E-state index contributed by atoms with van der Waals surface area (Å²) in [7, 11) is -1.58. The van der Waals surface area contributed by atoms with Gasteiger partial charge in [0.25, 0.3) is 0 Å². The monoisotopic (exact) mass is 221 g/mol. The van der Waals surface area contributed by atoms with E-state index in [4.69, 9.17) is 4.52 Å². The SMILES string of the molecule is CCCCC(O)CC[P+](=O)OC(C)C. The van der Waals surface area contributed by atoms with Crippen LogP contribution >= 0.6 is 8.03 Å². The Hall–Kier alpha value is 0.0200. The van der Waals surface area contributed by atoms with Crippen LogP contribution in [-0.4, -0.2) is 23.5 Å². The zero-order valence-electron chi connectivity index (χ0n) is 9.40. The Balaban J connectivity index is 3.45. The van der Waals surface area contributed by atoms with Crippen molar-refractivity contribution in [2.45, 2.75) is 58.7 Å². The van der Waals surface area contributed by atoms with Crippen LogP contribution in [0.2, 0.25) is 0 Å². The van der Waals surface area contributed by atoms with Crippen molar-refractivity contribution >= 4 is 8.03 Å². The molecule has 14 heavy (non-hydrogen) atoms. The van der Waals surface area contributed by atoms with E-state index in [2.05, 4.69) is 6.92 Å². The highest BCUT2D eigenvalue weighted by Gasteiger charge is 2.20. The third-order valence-electron chi connectivity index (χ3n) is 1.86. The molecular weight excluding hydrogens is 199 g/mol. The highest BCUT2D eigenvalue weighted by Crippen LogP contribution is 2.26. The molecule has 3 nitrogen and oxygen atoms in total. The normalized spacial score (nSPS) is 14.5. The third kappa shape index (κ3) is 8.61. The lowest BCUT2D eigenvalue weighted by molar-refractivity contribution is 0.156. The Kier molecular flexibility index (Phi) is 8.35. The molecule has 0 saturated heterocycles. The molecule has 0 heterocycles. The van der Waals surface area contributed by atoms with Crippen LogP contribution < -0.4 is 0 Å². The van der Waals surface area contributed by atoms with Gasteiger partial charge in [-0.25, -0.2) is 0 Å². The Morgan fingerprint density at radius 3 is 2.50 bits per heavy atom. The molecule has 0 fully saturated rings. The maximum atomic E-state index is 11.2. The van der Waals surface area contributed by atoms with Crippen molar-refractivity contribution in [2.75, 3.05) is 6.16 Å². The fourth-order valence-corrected chi connectivity index (χ4v) is 2.21. The minimum Gasteiger partial charge on any atom is -0.393 e. The Morgan fingerprint density at radius 1 is 1.36 bits per heavy atom. The van der Waals surface area contributed by atoms with Crippen LogP contribution in [0.15, 0.2) is 0 Å². The molecule has 1 N–H and O–H groups in total. The predicted octanol–water partition coefficient (Wildman–Crippen LogP) is 3.10. The minimum absolute atomic E-state index is 0.00592. The maximum absolute atomic E-state index is 11.2. The van der Waals surface area contributed by atoms with Gasteiger partial charge in [-0.2, -0.15) is 0 Å². The molecule has 0 rings (SSSR count). The van der Waals surface area contributed by atoms with Crippen LogP contribution in [0.1, 0.15) is 46.5 Å². The Labute approximate surface area is 87.7 Å². The molecule has 0 aromatic rings. The number of hydrogen-bond donors (Lipinski definition) is 1. The average molecular weight is 221 g/mol. The number of unbranched alkanes of at least 4 members (excludes halogenated alkanes) is 1. The van der Waals surface area contributed by atoms with E-state index in [0.717, 1.165) is 19.3 Å². The number of hydrogen-bond acceptors (Lipinski definition) is 3. The Bertz CT molecular complexity index is 159. The lowest BCUT2D eigenvalue weighted by Gasteiger charge is -2.05. The van der Waals surface area contributed by atoms with E-state index in [1.54, 1.807) is 0 Å². The smallest absolute Gasteiger partial charge is 0.393 e. The first-order chi connectivity index (χ1) is 6.56. The first-order valence-corrected chi connectivity index (χ1v) is 6.72. The summed E-state index contributed by atoms with van der Waals surface area (Å²) in [6.45, 7) is 5.82. The van der Waals surface area contributed by atoms with E-state index in [1.165, 1.54) is 0 Å². The van der Waals surface area contributed by atoms with Crippen LogP contribution in [0, 0.1) is 0 Å². The number of rotatable bonds is 8. The number of aliphatic hydroxyl groups is 1. The summed E-state index contributed by atoms with van der Waals surface area (Å²) in [5.41, 5.74) is 0. The van der Waals surface area contributed by atoms with Gasteiger partial charge in [0.2, 0.25) is 0 Å². The second-order valence-corrected chi connectivity index (χ2v) is 5.12. The van der Waals surface area contributed by atoms with Crippen LogP contribution in [0.5, 0.6) is 0 Å². The summed E-state index contributed by atoms with van der Waals surface area (Å²) < 4.78 is 16.3. The summed E-state index contributed by atoms with van der Waals surface area (Å²) in [5, 5.41) is 9.48. The van der Waals surface area contributed by atoms with Gasteiger partial charge in [0.1, 0.15) is 6.10 Å². The molecule has 0 radical (unpaired) electrons. The lowest BCUT2D eigenvalue weighted by atomic mass is 10.1. The van der Waals surface area contributed by atoms with Gasteiger partial charge < -0.3 is 5.11 Å². The summed E-state index contributed by atoms with van der Waals surface area (Å²) in [6.07, 6.45) is 3.67. The second-order valence-electron chi connectivity index (χ2n) is 3.80. The molecule has 0 aliphatic carbocycles. The second kappa shape index (κ2) is 8.34. The van der Waals surface area contributed by atoms with Gasteiger partial charge in [-0.3, -0.25) is 0 Å². The van der Waals surface area contributed by atoms with Gasteiger partial charge in [0, 0.05) is 6.42 Å². The van der Waals surface area contributed by atoms with Gasteiger partial charge in [0.05, 0.1) is 6.10 Å². The molecule has 0 spiro atoms. The molecule has 0 aliphatic rings. The lowest BCUT2D eigenvalue weighted by Crippen LogP contribution is -2.08. The molecule has 0 saturated carbocycles. The molecular formula is C10H22O3P+. The van der Waals surface area contributed by atoms with Crippen molar-refractivity contribution in [3.05, 3.63) is 0 Å². The van der Waals surface area contributed by atoms with Crippen molar-refractivity contribution < 1.29 is 14.2 Å². The zero-order chi connectivity index (χ0) is 11.0. The van der Waals surface area contributed by atoms with E-state index >= 15 is 0 Å². The first-order valence-electron chi connectivity index (χ1n) is 5.35. The van der Waals surface area contributed by atoms with Crippen molar-refractivity contribution in [3.63, 3.8) is 0 Å². The predicted molar refractivity (Wildman–Crippen MR) is 58.8 cm³/mol. The summed E-state index contributed by atoms with van der Waals surface area (Å²) in [6, 6.07) is 0. The summed E-state index contributed by atoms with van der Waals surface area (Å²) in [5.74, 6) is 0. The molecule has 4 heteroatoms. The van der Waals surface area contributed by atoms with E-state index in [9.17, 15) is 9.67 Å². The fraction of sp³-hybridized carbons (Fsp3) is 1.00. The maximum Gasteiger partial charge on any atom is 0.508 e. The van der Waals surface area contributed by atoms with Gasteiger partial charge in [-0.15, -0.1) is 4.52 Å². The topological polar surface area (TPSA) is 46.5 Å². The molecule has 0 aromatic heterocycles. The molecule has 2 unspecified atom stereocenters. The Morgan fingerprint density at radius 2 is 2.00 bits per heavy atom. The molecule has 0 aliphatic heterocycles. The summed E-state index contributed by atoms with van der Waals surface area (Å²) >= 11 is 0. The van der Waals surface area contributed by atoms with Crippen molar-refractivity contribution in [2.24, 2.45) is 0 Å². The average Bonchev–Trinajstić information content (AvgIpc) is 2.10. The van der Waals surface area contributed by atoms with E-state index in [0.29, 0.717) is 12.6 Å². The molecule has 84 valence electrons. The van der Waals surface area contributed by atoms with E-state index < -0.39 is 8.03 Å². The van der Waals surface area contributed by atoms with Crippen molar-refractivity contribution in [1.29, 1.82) is 0 Å². The first kappa shape index (κ1) is 14.0.